The topological polar surface area (TPSA) is 13.1 Å². The van der Waals surface area contributed by atoms with Crippen LogP contribution in [-0.2, 0) is 0 Å². The number of hydrogen-bond acceptors (Lipinski definition) is 1. The van der Waals surface area contributed by atoms with E-state index in [0.29, 0.717) is 21.9 Å². The third kappa shape index (κ3) is 1.28. The highest BCUT2D eigenvalue weighted by atomic mass is 19.1. The molecule has 1 aromatic heterocycles. The predicted molar refractivity (Wildman–Crippen MR) is 63.1 cm³/mol. The molecular weight excluding hydrogens is 222 g/mol. The molecule has 0 radical (unpaired) electrons. The summed E-state index contributed by atoms with van der Waals surface area (Å²) in [4.78, 5) is 0. The van der Waals surface area contributed by atoms with Crippen molar-refractivity contribution in [2.45, 2.75) is 13.8 Å². The van der Waals surface area contributed by atoms with E-state index in [4.69, 9.17) is 4.42 Å². The van der Waals surface area contributed by atoms with E-state index in [9.17, 15) is 8.78 Å². The Morgan fingerprint density at radius 2 is 1.18 bits per heavy atom. The number of fused-ring (bicyclic) bond motifs is 3. The lowest BCUT2D eigenvalue weighted by atomic mass is 10.1. The van der Waals surface area contributed by atoms with Crippen LogP contribution in [0, 0.1) is 25.5 Å². The Morgan fingerprint density at radius 1 is 0.765 bits per heavy atom. The number of aryl methyl sites for hydroxylation is 2. The molecule has 0 fully saturated rings. The quantitative estimate of drug-likeness (QED) is 0.557. The van der Waals surface area contributed by atoms with E-state index in [-0.39, 0.29) is 11.2 Å². The lowest BCUT2D eigenvalue weighted by molar-refractivity contribution is 0.552. The third-order valence-electron chi connectivity index (χ3n) is 3.07. The molecule has 3 rings (SSSR count). The highest BCUT2D eigenvalue weighted by Crippen LogP contribution is 2.33. The normalized spacial score (nSPS) is 11.5. The molecule has 0 aliphatic carbocycles. The van der Waals surface area contributed by atoms with Crippen molar-refractivity contribution in [3.63, 3.8) is 0 Å². The zero-order valence-corrected chi connectivity index (χ0v) is 9.47. The highest BCUT2D eigenvalue weighted by Gasteiger charge is 2.16. The van der Waals surface area contributed by atoms with Gasteiger partial charge in [0.15, 0.2) is 22.8 Å². The second kappa shape index (κ2) is 3.29. The van der Waals surface area contributed by atoms with Gasteiger partial charge in [0.25, 0.3) is 0 Å². The van der Waals surface area contributed by atoms with Gasteiger partial charge in [-0.1, -0.05) is 24.3 Å². The van der Waals surface area contributed by atoms with Crippen LogP contribution in [0.2, 0.25) is 0 Å². The van der Waals surface area contributed by atoms with E-state index in [2.05, 4.69) is 0 Å². The van der Waals surface area contributed by atoms with Crippen molar-refractivity contribution in [3.8, 4) is 0 Å². The first kappa shape index (κ1) is 10.3. The number of halogens is 2. The number of hydrogen-bond donors (Lipinski definition) is 0. The van der Waals surface area contributed by atoms with Crippen LogP contribution in [0.3, 0.4) is 0 Å². The molecule has 86 valence electrons. The maximum Gasteiger partial charge on any atom is 0.171 e. The maximum absolute atomic E-state index is 13.9. The van der Waals surface area contributed by atoms with Crippen LogP contribution in [0.4, 0.5) is 8.78 Å². The molecule has 0 atom stereocenters. The molecule has 0 bridgehead atoms. The Balaban J connectivity index is 2.58. The van der Waals surface area contributed by atoms with Crippen molar-refractivity contribution in [3.05, 3.63) is 47.0 Å². The van der Waals surface area contributed by atoms with Crippen LogP contribution >= 0.6 is 0 Å². The average Bonchev–Trinajstić information content (AvgIpc) is 2.69. The van der Waals surface area contributed by atoms with Crippen molar-refractivity contribution in [2.75, 3.05) is 0 Å². The summed E-state index contributed by atoms with van der Waals surface area (Å²) >= 11 is 0. The third-order valence-corrected chi connectivity index (χ3v) is 3.07. The molecule has 2 aromatic carbocycles. The standard InChI is InChI=1S/C14H10F2O/c1-7-3-5-9-10-6-4-8(2)12(16)14(10)17-13(9)11(7)15/h3-6H,1-2H3. The first-order chi connectivity index (χ1) is 8.09. The number of furan rings is 1. The zero-order valence-electron chi connectivity index (χ0n) is 9.47. The molecule has 0 N–H and O–H groups in total. The van der Waals surface area contributed by atoms with Crippen molar-refractivity contribution >= 4 is 21.9 Å². The molecular formula is C14H10F2O. The maximum atomic E-state index is 13.9. The van der Waals surface area contributed by atoms with E-state index in [1.165, 1.54) is 0 Å². The van der Waals surface area contributed by atoms with Crippen molar-refractivity contribution in [2.24, 2.45) is 0 Å². The lowest BCUT2D eigenvalue weighted by Crippen LogP contribution is -1.81. The zero-order chi connectivity index (χ0) is 12.2. The molecule has 0 aliphatic heterocycles. The van der Waals surface area contributed by atoms with Gasteiger partial charge in [-0.15, -0.1) is 0 Å². The molecule has 0 spiro atoms. The van der Waals surface area contributed by atoms with Gasteiger partial charge in [-0.3, -0.25) is 0 Å². The molecule has 0 amide bonds. The Labute approximate surface area is 96.7 Å². The van der Waals surface area contributed by atoms with E-state index in [1.54, 1.807) is 38.1 Å². The summed E-state index contributed by atoms with van der Waals surface area (Å²) in [5.74, 6) is -0.841. The highest BCUT2D eigenvalue weighted by molar-refractivity contribution is 6.05. The first-order valence-electron chi connectivity index (χ1n) is 5.36. The molecule has 0 aliphatic rings. The first-order valence-corrected chi connectivity index (χ1v) is 5.36. The van der Waals surface area contributed by atoms with E-state index in [0.717, 1.165) is 0 Å². The second-order valence-electron chi connectivity index (χ2n) is 4.25. The minimum absolute atomic E-state index is 0.129. The van der Waals surface area contributed by atoms with Crippen LogP contribution in [-0.4, -0.2) is 0 Å². The molecule has 3 heteroatoms. The molecule has 1 nitrogen and oxygen atoms in total. The smallest absolute Gasteiger partial charge is 0.171 e. The van der Waals surface area contributed by atoms with Gasteiger partial charge in [-0.25, -0.2) is 8.78 Å². The fourth-order valence-corrected chi connectivity index (χ4v) is 2.03. The van der Waals surface area contributed by atoms with Gasteiger partial charge in [0.2, 0.25) is 0 Å². The SMILES string of the molecule is Cc1ccc2c(oc3c(F)c(C)ccc32)c1F. The Bertz CT molecular complexity index is 679. The average molecular weight is 232 g/mol. The van der Waals surface area contributed by atoms with E-state index in [1.807, 2.05) is 0 Å². The van der Waals surface area contributed by atoms with Gasteiger partial charge in [0.05, 0.1) is 0 Å². The van der Waals surface area contributed by atoms with Crippen LogP contribution in [0.25, 0.3) is 21.9 Å². The minimum atomic E-state index is -0.421. The van der Waals surface area contributed by atoms with Crippen LogP contribution in [0.15, 0.2) is 28.7 Å². The Hall–Kier alpha value is -1.90. The molecule has 0 unspecified atom stereocenters. The summed E-state index contributed by atoms with van der Waals surface area (Å²) < 4.78 is 33.0. The summed E-state index contributed by atoms with van der Waals surface area (Å²) in [7, 11) is 0. The predicted octanol–water partition coefficient (Wildman–Crippen LogP) is 4.48. The van der Waals surface area contributed by atoms with Crippen molar-refractivity contribution in [1.29, 1.82) is 0 Å². The largest absolute Gasteiger partial charge is 0.450 e. The van der Waals surface area contributed by atoms with Gasteiger partial charge >= 0.3 is 0 Å². The Morgan fingerprint density at radius 3 is 1.59 bits per heavy atom. The minimum Gasteiger partial charge on any atom is -0.450 e. The van der Waals surface area contributed by atoms with E-state index < -0.39 is 11.6 Å². The van der Waals surface area contributed by atoms with Gasteiger partial charge in [0.1, 0.15) is 0 Å². The van der Waals surface area contributed by atoms with Crippen LogP contribution < -0.4 is 0 Å². The Kier molecular flexibility index (Phi) is 1.99. The molecule has 0 saturated carbocycles. The second-order valence-corrected chi connectivity index (χ2v) is 4.25. The van der Waals surface area contributed by atoms with Crippen molar-refractivity contribution in [1.82, 2.24) is 0 Å². The van der Waals surface area contributed by atoms with E-state index >= 15 is 0 Å². The van der Waals surface area contributed by atoms with Crippen LogP contribution in [0.5, 0.6) is 0 Å². The molecule has 3 aromatic rings. The van der Waals surface area contributed by atoms with Crippen LogP contribution in [0.1, 0.15) is 11.1 Å². The van der Waals surface area contributed by atoms with Gasteiger partial charge < -0.3 is 4.42 Å². The summed E-state index contributed by atoms with van der Waals surface area (Å²) in [6.07, 6.45) is 0. The van der Waals surface area contributed by atoms with Gasteiger partial charge in [0, 0.05) is 10.8 Å². The monoisotopic (exact) mass is 232 g/mol. The van der Waals surface area contributed by atoms with Gasteiger partial charge in [-0.05, 0) is 25.0 Å². The number of benzene rings is 2. The summed E-state index contributed by atoms with van der Waals surface area (Å²) in [5.41, 5.74) is 1.25. The van der Waals surface area contributed by atoms with Gasteiger partial charge in [-0.2, -0.15) is 0 Å². The van der Waals surface area contributed by atoms with Crippen molar-refractivity contribution < 1.29 is 13.2 Å². The molecule has 17 heavy (non-hydrogen) atoms. The molecule has 1 heterocycles. The summed E-state index contributed by atoms with van der Waals surface area (Å²) in [6, 6.07) is 6.86. The fraction of sp³-hybridized carbons (Fsp3) is 0.143. The summed E-state index contributed by atoms with van der Waals surface area (Å²) in [5, 5.41) is 1.23. The fourth-order valence-electron chi connectivity index (χ4n) is 2.03. The lowest BCUT2D eigenvalue weighted by Gasteiger charge is -1.95. The number of rotatable bonds is 0. The molecule has 0 saturated heterocycles. The summed E-state index contributed by atoms with van der Waals surface area (Å²) in [6.45, 7) is 3.31.